The van der Waals surface area contributed by atoms with Gasteiger partial charge in [-0.3, -0.25) is 0 Å². The number of fused-ring (bicyclic) bond motifs is 1. The van der Waals surface area contributed by atoms with Crippen LogP contribution in [-0.4, -0.2) is 9.13 Å². The Labute approximate surface area is 168 Å². The molecule has 0 radical (unpaired) electrons. The van der Waals surface area contributed by atoms with Gasteiger partial charge in [0, 0.05) is 23.8 Å². The Hall–Kier alpha value is -2.74. The second-order valence-electron chi connectivity index (χ2n) is 7.68. The van der Waals surface area contributed by atoms with Crippen LogP contribution in [0.3, 0.4) is 0 Å². The number of hydrogen-bond acceptors (Lipinski definition) is 0. The van der Waals surface area contributed by atoms with E-state index < -0.39 is 0 Å². The maximum atomic E-state index is 2.28. The largest absolute Gasteiger partial charge is 0.315 e. The Bertz CT molecular complexity index is 931. The van der Waals surface area contributed by atoms with Gasteiger partial charge in [0.1, 0.15) is 0 Å². The van der Waals surface area contributed by atoms with Crippen LogP contribution < -0.4 is 0 Å². The summed E-state index contributed by atoms with van der Waals surface area (Å²) in [5.74, 6) is 0. The third kappa shape index (κ3) is 3.77. The van der Waals surface area contributed by atoms with Gasteiger partial charge >= 0.3 is 0 Å². The van der Waals surface area contributed by atoms with Gasteiger partial charge < -0.3 is 9.13 Å². The van der Waals surface area contributed by atoms with Gasteiger partial charge in [0.05, 0.1) is 11.0 Å². The molecule has 0 spiro atoms. The zero-order valence-electron chi connectivity index (χ0n) is 17.1. The molecule has 0 aliphatic heterocycles. The molecule has 0 atom stereocenters. The Morgan fingerprint density at radius 1 is 0.536 bits per heavy atom. The number of aryl methyl sites for hydroxylation is 2. The van der Waals surface area contributed by atoms with Crippen LogP contribution in [0.1, 0.15) is 50.7 Å². The standard InChI is InChI=1S/C26H30N2/c1-3-5-7-21-9-13-23(14-10-21)27-19-17-26-25(27)18-20-28(26)24-15-11-22(12-16-24)8-6-4-2/h9-20H,3-8H2,1-2H3. The molecule has 2 aromatic heterocycles. The van der Waals surface area contributed by atoms with Crippen molar-refractivity contribution in [3.8, 4) is 11.4 Å². The quantitative estimate of drug-likeness (QED) is 0.313. The van der Waals surface area contributed by atoms with Crippen LogP contribution >= 0.6 is 0 Å². The highest BCUT2D eigenvalue weighted by atomic mass is 15.0. The maximum absolute atomic E-state index is 2.28. The third-order valence-electron chi connectivity index (χ3n) is 5.61. The van der Waals surface area contributed by atoms with Gasteiger partial charge in [0.15, 0.2) is 0 Å². The third-order valence-corrected chi connectivity index (χ3v) is 5.61. The first-order valence-corrected chi connectivity index (χ1v) is 10.7. The summed E-state index contributed by atoms with van der Waals surface area (Å²) in [6, 6.07) is 22.5. The van der Waals surface area contributed by atoms with Crippen LogP contribution in [-0.2, 0) is 12.8 Å². The molecule has 4 rings (SSSR count). The summed E-state index contributed by atoms with van der Waals surface area (Å²) in [5, 5.41) is 0. The molecule has 0 aliphatic carbocycles. The molecule has 0 aliphatic rings. The highest BCUT2D eigenvalue weighted by Crippen LogP contribution is 2.25. The summed E-state index contributed by atoms with van der Waals surface area (Å²) in [5.41, 5.74) is 7.79. The first-order chi connectivity index (χ1) is 13.8. The summed E-state index contributed by atoms with van der Waals surface area (Å²) in [4.78, 5) is 0. The normalized spacial score (nSPS) is 11.4. The van der Waals surface area contributed by atoms with E-state index in [9.17, 15) is 0 Å². The lowest BCUT2D eigenvalue weighted by molar-refractivity contribution is 0.795. The highest BCUT2D eigenvalue weighted by molar-refractivity contribution is 5.81. The van der Waals surface area contributed by atoms with E-state index in [0.29, 0.717) is 0 Å². The average molecular weight is 371 g/mol. The monoisotopic (exact) mass is 370 g/mol. The van der Waals surface area contributed by atoms with E-state index in [1.54, 1.807) is 0 Å². The van der Waals surface area contributed by atoms with Crippen molar-refractivity contribution < 1.29 is 0 Å². The number of nitrogens with zero attached hydrogens (tertiary/aromatic N) is 2. The van der Waals surface area contributed by atoms with Gasteiger partial charge in [-0.05, 0) is 73.2 Å². The first kappa shape index (κ1) is 18.6. The van der Waals surface area contributed by atoms with Crippen molar-refractivity contribution >= 4 is 11.0 Å². The summed E-state index contributed by atoms with van der Waals surface area (Å²) < 4.78 is 4.57. The molecule has 2 heterocycles. The fraction of sp³-hybridized carbons (Fsp3) is 0.308. The number of aromatic nitrogens is 2. The van der Waals surface area contributed by atoms with Gasteiger partial charge in [-0.2, -0.15) is 0 Å². The van der Waals surface area contributed by atoms with Crippen molar-refractivity contribution in [2.24, 2.45) is 0 Å². The van der Waals surface area contributed by atoms with E-state index in [1.807, 2.05) is 0 Å². The minimum absolute atomic E-state index is 1.17. The summed E-state index contributed by atoms with van der Waals surface area (Å²) in [6.45, 7) is 4.49. The molecule has 2 heteroatoms. The van der Waals surface area contributed by atoms with Crippen molar-refractivity contribution in [2.45, 2.75) is 52.4 Å². The van der Waals surface area contributed by atoms with E-state index in [2.05, 4.69) is 96.0 Å². The molecule has 0 unspecified atom stereocenters. The van der Waals surface area contributed by atoms with Gasteiger partial charge in [0.2, 0.25) is 0 Å². The molecule has 2 aromatic carbocycles. The van der Waals surface area contributed by atoms with E-state index in [4.69, 9.17) is 0 Å². The molecule has 0 N–H and O–H groups in total. The van der Waals surface area contributed by atoms with Crippen molar-refractivity contribution in [1.82, 2.24) is 9.13 Å². The van der Waals surface area contributed by atoms with Gasteiger partial charge in [-0.1, -0.05) is 51.0 Å². The molecule has 0 saturated heterocycles. The van der Waals surface area contributed by atoms with Crippen LogP contribution in [0.2, 0.25) is 0 Å². The Morgan fingerprint density at radius 3 is 1.29 bits per heavy atom. The molecular formula is C26H30N2. The summed E-state index contributed by atoms with van der Waals surface area (Å²) >= 11 is 0. The topological polar surface area (TPSA) is 9.86 Å². The van der Waals surface area contributed by atoms with Gasteiger partial charge in [0.25, 0.3) is 0 Å². The first-order valence-electron chi connectivity index (χ1n) is 10.7. The molecule has 0 saturated carbocycles. The Morgan fingerprint density at radius 2 is 0.929 bits per heavy atom. The molecule has 4 aromatic rings. The van der Waals surface area contributed by atoms with Gasteiger partial charge in [-0.25, -0.2) is 0 Å². The lowest BCUT2D eigenvalue weighted by Crippen LogP contribution is -1.93. The molecule has 28 heavy (non-hydrogen) atoms. The second kappa shape index (κ2) is 8.52. The maximum Gasteiger partial charge on any atom is 0.0712 e. The molecule has 2 nitrogen and oxygen atoms in total. The van der Waals surface area contributed by atoms with Crippen molar-refractivity contribution in [2.75, 3.05) is 0 Å². The number of benzene rings is 2. The molecular weight excluding hydrogens is 340 g/mol. The van der Waals surface area contributed by atoms with Crippen LogP contribution in [0.15, 0.2) is 73.1 Å². The van der Waals surface area contributed by atoms with E-state index in [0.717, 1.165) is 0 Å². The fourth-order valence-electron chi connectivity index (χ4n) is 3.89. The fourth-order valence-corrected chi connectivity index (χ4v) is 3.89. The smallest absolute Gasteiger partial charge is 0.0712 e. The predicted octanol–water partition coefficient (Wildman–Crippen LogP) is 7.11. The minimum Gasteiger partial charge on any atom is -0.315 e. The minimum atomic E-state index is 1.17. The highest BCUT2D eigenvalue weighted by Gasteiger charge is 2.09. The lowest BCUT2D eigenvalue weighted by atomic mass is 10.1. The van der Waals surface area contributed by atoms with Crippen molar-refractivity contribution in [1.29, 1.82) is 0 Å². The summed E-state index contributed by atoms with van der Waals surface area (Å²) in [7, 11) is 0. The average Bonchev–Trinajstić information content (AvgIpc) is 3.34. The van der Waals surface area contributed by atoms with E-state index in [-0.39, 0.29) is 0 Å². The second-order valence-corrected chi connectivity index (χ2v) is 7.68. The van der Waals surface area contributed by atoms with Crippen LogP contribution in [0.25, 0.3) is 22.4 Å². The van der Waals surface area contributed by atoms with Gasteiger partial charge in [-0.15, -0.1) is 0 Å². The summed E-state index contributed by atoms with van der Waals surface area (Å²) in [6.07, 6.45) is 11.7. The SMILES string of the molecule is CCCCc1ccc(-n2ccc3c2ccn3-c2ccc(CCCC)cc2)cc1. The van der Waals surface area contributed by atoms with Crippen molar-refractivity contribution in [3.05, 3.63) is 84.2 Å². The molecule has 0 amide bonds. The Balaban J connectivity index is 1.60. The number of unbranched alkanes of at least 4 members (excludes halogenated alkanes) is 2. The zero-order valence-corrected chi connectivity index (χ0v) is 17.1. The lowest BCUT2D eigenvalue weighted by Gasteiger charge is -2.07. The predicted molar refractivity (Wildman–Crippen MR) is 120 cm³/mol. The molecule has 144 valence electrons. The number of rotatable bonds is 8. The van der Waals surface area contributed by atoms with E-state index in [1.165, 1.54) is 72.1 Å². The van der Waals surface area contributed by atoms with Crippen LogP contribution in [0.4, 0.5) is 0 Å². The van der Waals surface area contributed by atoms with Crippen molar-refractivity contribution in [3.63, 3.8) is 0 Å². The Kier molecular flexibility index (Phi) is 5.66. The van der Waals surface area contributed by atoms with Crippen LogP contribution in [0, 0.1) is 0 Å². The van der Waals surface area contributed by atoms with E-state index >= 15 is 0 Å². The molecule has 0 bridgehead atoms. The van der Waals surface area contributed by atoms with Crippen LogP contribution in [0.5, 0.6) is 0 Å². The zero-order chi connectivity index (χ0) is 19.3. The number of hydrogen-bond donors (Lipinski definition) is 0. The molecule has 0 fully saturated rings.